The first-order valence-electron chi connectivity index (χ1n) is 7.51. The Hall–Kier alpha value is -0.860. The van der Waals surface area contributed by atoms with E-state index in [4.69, 9.17) is 4.74 Å². The van der Waals surface area contributed by atoms with Crippen LogP contribution in [-0.2, 0) is 11.2 Å². The van der Waals surface area contributed by atoms with E-state index >= 15 is 0 Å². The van der Waals surface area contributed by atoms with Crippen molar-refractivity contribution < 1.29 is 4.74 Å². The lowest BCUT2D eigenvalue weighted by molar-refractivity contribution is 0.0337. The fourth-order valence-electron chi connectivity index (χ4n) is 2.84. The van der Waals surface area contributed by atoms with Crippen molar-refractivity contribution in [3.05, 3.63) is 35.4 Å². The van der Waals surface area contributed by atoms with Crippen LogP contribution < -0.4 is 5.32 Å². The van der Waals surface area contributed by atoms with Gasteiger partial charge < -0.3 is 10.1 Å². The molecule has 106 valence electrons. The number of likely N-dealkylation sites (N-methyl/N-ethyl adjacent to an activating group) is 1. The zero-order valence-corrected chi connectivity index (χ0v) is 12.6. The summed E-state index contributed by atoms with van der Waals surface area (Å²) < 4.78 is 5.99. The highest BCUT2D eigenvalue weighted by Gasteiger charge is 2.28. The standard InChI is InChI=1S/C17H27NO/c1-12(2)15-8-6-14(7-9-15)11-16(18-4)17-10-5-13(3)19-17/h6-9,12-13,16-18H,5,10-11H2,1-4H3. The largest absolute Gasteiger partial charge is 0.374 e. The maximum absolute atomic E-state index is 5.99. The minimum absolute atomic E-state index is 0.366. The lowest BCUT2D eigenvalue weighted by atomic mass is 9.96. The molecule has 19 heavy (non-hydrogen) atoms. The van der Waals surface area contributed by atoms with Crippen LogP contribution in [0.4, 0.5) is 0 Å². The molecule has 1 fully saturated rings. The first kappa shape index (κ1) is 14.5. The molecule has 3 atom stereocenters. The summed E-state index contributed by atoms with van der Waals surface area (Å²) in [4.78, 5) is 0. The lowest BCUT2D eigenvalue weighted by Crippen LogP contribution is -2.39. The Morgan fingerprint density at radius 1 is 1.21 bits per heavy atom. The van der Waals surface area contributed by atoms with Gasteiger partial charge in [-0.3, -0.25) is 0 Å². The third-order valence-corrected chi connectivity index (χ3v) is 4.19. The van der Waals surface area contributed by atoms with Crippen molar-refractivity contribution in [3.63, 3.8) is 0 Å². The van der Waals surface area contributed by atoms with Crippen molar-refractivity contribution in [2.45, 2.75) is 64.2 Å². The maximum Gasteiger partial charge on any atom is 0.0735 e. The van der Waals surface area contributed by atoms with Gasteiger partial charge in [0.05, 0.1) is 12.2 Å². The van der Waals surface area contributed by atoms with Gasteiger partial charge in [-0.15, -0.1) is 0 Å². The van der Waals surface area contributed by atoms with Gasteiger partial charge in [-0.2, -0.15) is 0 Å². The molecule has 1 aromatic rings. The van der Waals surface area contributed by atoms with E-state index in [-0.39, 0.29) is 0 Å². The SMILES string of the molecule is CNC(Cc1ccc(C(C)C)cc1)C1CCC(C)O1. The van der Waals surface area contributed by atoms with Crippen molar-refractivity contribution in [1.29, 1.82) is 0 Å². The van der Waals surface area contributed by atoms with E-state index in [0.717, 1.165) is 6.42 Å². The Morgan fingerprint density at radius 2 is 1.89 bits per heavy atom. The zero-order valence-electron chi connectivity index (χ0n) is 12.6. The van der Waals surface area contributed by atoms with E-state index in [1.165, 1.54) is 24.0 Å². The molecular formula is C17H27NO. The van der Waals surface area contributed by atoms with Gasteiger partial charge in [0.2, 0.25) is 0 Å². The fraction of sp³-hybridized carbons (Fsp3) is 0.647. The predicted octanol–water partition coefficient (Wildman–Crippen LogP) is 3.51. The number of ether oxygens (including phenoxy) is 1. The Kier molecular flexibility index (Phi) is 5.00. The molecule has 0 radical (unpaired) electrons. The first-order chi connectivity index (χ1) is 9.10. The lowest BCUT2D eigenvalue weighted by Gasteiger charge is -2.23. The van der Waals surface area contributed by atoms with Crippen LogP contribution in [0.1, 0.15) is 50.7 Å². The molecule has 2 rings (SSSR count). The third-order valence-electron chi connectivity index (χ3n) is 4.19. The smallest absolute Gasteiger partial charge is 0.0735 e. The summed E-state index contributed by atoms with van der Waals surface area (Å²) in [5, 5.41) is 3.43. The second-order valence-electron chi connectivity index (χ2n) is 6.06. The minimum atomic E-state index is 0.366. The van der Waals surface area contributed by atoms with Gasteiger partial charge in [0.1, 0.15) is 0 Å². The summed E-state index contributed by atoms with van der Waals surface area (Å²) in [6.07, 6.45) is 4.20. The van der Waals surface area contributed by atoms with Crippen LogP contribution in [0.25, 0.3) is 0 Å². The summed E-state index contributed by atoms with van der Waals surface area (Å²) in [5.74, 6) is 0.605. The van der Waals surface area contributed by atoms with Crippen molar-refractivity contribution >= 4 is 0 Å². The third kappa shape index (κ3) is 3.80. The number of hydrogen-bond donors (Lipinski definition) is 1. The molecule has 1 aliphatic heterocycles. The molecule has 0 saturated carbocycles. The molecule has 0 aliphatic carbocycles. The van der Waals surface area contributed by atoms with Crippen molar-refractivity contribution in [2.24, 2.45) is 0 Å². The molecule has 1 N–H and O–H groups in total. The van der Waals surface area contributed by atoms with E-state index in [9.17, 15) is 0 Å². The zero-order chi connectivity index (χ0) is 13.8. The van der Waals surface area contributed by atoms with Crippen molar-refractivity contribution in [1.82, 2.24) is 5.32 Å². The first-order valence-corrected chi connectivity index (χ1v) is 7.51. The van der Waals surface area contributed by atoms with Gasteiger partial charge >= 0.3 is 0 Å². The topological polar surface area (TPSA) is 21.3 Å². The van der Waals surface area contributed by atoms with Crippen LogP contribution in [-0.4, -0.2) is 25.3 Å². The molecule has 3 unspecified atom stereocenters. The monoisotopic (exact) mass is 261 g/mol. The maximum atomic E-state index is 5.99. The Bertz CT molecular complexity index is 385. The van der Waals surface area contributed by atoms with Gasteiger partial charge in [0, 0.05) is 6.04 Å². The van der Waals surface area contributed by atoms with E-state index in [0.29, 0.717) is 24.2 Å². The molecular weight excluding hydrogens is 234 g/mol. The number of rotatable bonds is 5. The van der Waals surface area contributed by atoms with Crippen LogP contribution in [0.3, 0.4) is 0 Å². The van der Waals surface area contributed by atoms with E-state index < -0.39 is 0 Å². The average Bonchev–Trinajstić information content (AvgIpc) is 2.83. The fourth-order valence-corrected chi connectivity index (χ4v) is 2.84. The predicted molar refractivity (Wildman–Crippen MR) is 80.7 cm³/mol. The molecule has 0 spiro atoms. The van der Waals surface area contributed by atoms with Crippen LogP contribution in [0.15, 0.2) is 24.3 Å². The molecule has 0 bridgehead atoms. The van der Waals surface area contributed by atoms with E-state index in [1.807, 2.05) is 7.05 Å². The molecule has 1 aromatic carbocycles. The highest BCUT2D eigenvalue weighted by molar-refractivity contribution is 5.25. The van der Waals surface area contributed by atoms with Gasteiger partial charge in [0.25, 0.3) is 0 Å². The minimum Gasteiger partial charge on any atom is -0.374 e. The highest BCUT2D eigenvalue weighted by atomic mass is 16.5. The van der Waals surface area contributed by atoms with Crippen molar-refractivity contribution in [2.75, 3.05) is 7.05 Å². The normalized spacial score (nSPS) is 24.9. The summed E-state index contributed by atoms with van der Waals surface area (Å²) in [5.41, 5.74) is 2.81. The quantitative estimate of drug-likeness (QED) is 0.876. The molecule has 1 heterocycles. The Labute approximate surface area is 117 Å². The van der Waals surface area contributed by atoms with Gasteiger partial charge in [0.15, 0.2) is 0 Å². The highest BCUT2D eigenvalue weighted by Crippen LogP contribution is 2.24. The molecule has 0 aromatic heterocycles. The summed E-state index contributed by atoms with van der Waals surface area (Å²) in [6.45, 7) is 6.64. The Balaban J connectivity index is 1.98. The van der Waals surface area contributed by atoms with E-state index in [1.54, 1.807) is 0 Å². The van der Waals surface area contributed by atoms with Crippen LogP contribution in [0.2, 0.25) is 0 Å². The van der Waals surface area contributed by atoms with Crippen LogP contribution in [0.5, 0.6) is 0 Å². The average molecular weight is 261 g/mol. The van der Waals surface area contributed by atoms with E-state index in [2.05, 4.69) is 50.4 Å². The summed E-state index contributed by atoms with van der Waals surface area (Å²) in [7, 11) is 2.04. The molecule has 2 heteroatoms. The summed E-state index contributed by atoms with van der Waals surface area (Å²) >= 11 is 0. The number of hydrogen-bond acceptors (Lipinski definition) is 2. The van der Waals surface area contributed by atoms with Crippen LogP contribution in [0, 0.1) is 0 Å². The second kappa shape index (κ2) is 6.53. The molecule has 2 nitrogen and oxygen atoms in total. The summed E-state index contributed by atoms with van der Waals surface area (Å²) in [6, 6.07) is 9.46. The molecule has 0 amide bonds. The Morgan fingerprint density at radius 3 is 2.37 bits per heavy atom. The molecule has 1 aliphatic rings. The number of nitrogens with one attached hydrogen (secondary N) is 1. The number of benzene rings is 1. The van der Waals surface area contributed by atoms with Crippen LogP contribution >= 0.6 is 0 Å². The second-order valence-corrected chi connectivity index (χ2v) is 6.06. The van der Waals surface area contributed by atoms with Gasteiger partial charge in [-0.05, 0) is 50.3 Å². The molecule has 1 saturated heterocycles. The van der Waals surface area contributed by atoms with Gasteiger partial charge in [-0.1, -0.05) is 38.1 Å². The van der Waals surface area contributed by atoms with Gasteiger partial charge in [-0.25, -0.2) is 0 Å². The van der Waals surface area contributed by atoms with Crippen molar-refractivity contribution in [3.8, 4) is 0 Å².